The molecule has 1 amide bonds. The van der Waals surface area contributed by atoms with Gasteiger partial charge in [0.15, 0.2) is 0 Å². The smallest absolute Gasteiger partial charge is 0.261 e. The first-order valence-electron chi connectivity index (χ1n) is 10.4. The number of rotatable bonds is 6. The highest BCUT2D eigenvalue weighted by atomic mass is 32.1. The van der Waals surface area contributed by atoms with Crippen molar-refractivity contribution in [2.75, 3.05) is 32.8 Å². The highest BCUT2D eigenvalue weighted by molar-refractivity contribution is 7.21. The van der Waals surface area contributed by atoms with E-state index in [1.165, 1.54) is 28.0 Å². The lowest BCUT2D eigenvalue weighted by Gasteiger charge is -2.33. The van der Waals surface area contributed by atoms with Crippen molar-refractivity contribution in [2.45, 2.75) is 26.5 Å². The summed E-state index contributed by atoms with van der Waals surface area (Å²) >= 11 is 1.49. The molecule has 0 bridgehead atoms. The van der Waals surface area contributed by atoms with E-state index in [1.54, 1.807) is 0 Å². The number of morpholine rings is 1. The minimum atomic E-state index is -0.156. The highest BCUT2D eigenvalue weighted by Gasteiger charge is 2.29. The number of amides is 1. The first kappa shape index (κ1) is 21.0. The molecule has 1 saturated heterocycles. The average molecular weight is 425 g/mol. The quantitative estimate of drug-likeness (QED) is 0.632. The van der Waals surface area contributed by atoms with Crippen LogP contribution in [0, 0.1) is 13.8 Å². The summed E-state index contributed by atoms with van der Waals surface area (Å²) < 4.78 is 7.25. The topological polar surface area (TPSA) is 61.8 Å². The van der Waals surface area contributed by atoms with Gasteiger partial charge in [-0.2, -0.15) is 0 Å². The summed E-state index contributed by atoms with van der Waals surface area (Å²) in [4.78, 5) is 15.9. The molecule has 2 N–H and O–H groups in total. The Labute approximate surface area is 181 Å². The van der Waals surface area contributed by atoms with Crippen LogP contribution in [0.25, 0.3) is 10.1 Å². The second-order valence-corrected chi connectivity index (χ2v) is 8.89. The minimum Gasteiger partial charge on any atom is -0.395 e. The summed E-state index contributed by atoms with van der Waals surface area (Å²) in [6.07, 6.45) is -0.156. The van der Waals surface area contributed by atoms with Crippen LogP contribution in [0.1, 0.15) is 38.0 Å². The maximum atomic E-state index is 12.8. The maximum Gasteiger partial charge on any atom is 0.261 e. The molecule has 1 aliphatic rings. The average Bonchev–Trinajstić information content (AvgIpc) is 3.14. The van der Waals surface area contributed by atoms with Gasteiger partial charge in [-0.25, -0.2) is 0 Å². The van der Waals surface area contributed by atoms with E-state index >= 15 is 0 Å². The number of thiophene rings is 1. The van der Waals surface area contributed by atoms with Crippen LogP contribution < -0.4 is 5.32 Å². The van der Waals surface area contributed by atoms with Crippen LogP contribution >= 0.6 is 11.3 Å². The summed E-state index contributed by atoms with van der Waals surface area (Å²) in [6, 6.07) is 14.7. The number of ether oxygens (including phenoxy) is 1. The van der Waals surface area contributed by atoms with Gasteiger partial charge in [0.1, 0.15) is 0 Å². The van der Waals surface area contributed by atoms with Crippen molar-refractivity contribution in [3.8, 4) is 0 Å². The van der Waals surface area contributed by atoms with Crippen LogP contribution in [0.2, 0.25) is 0 Å². The third-order valence-electron chi connectivity index (χ3n) is 5.69. The molecule has 1 aliphatic heterocycles. The predicted octanol–water partition coefficient (Wildman–Crippen LogP) is 3.81. The molecule has 1 atom stereocenters. The maximum absolute atomic E-state index is 12.8. The molecule has 1 aromatic heterocycles. The van der Waals surface area contributed by atoms with Gasteiger partial charge >= 0.3 is 0 Å². The van der Waals surface area contributed by atoms with E-state index in [9.17, 15) is 4.79 Å². The number of aryl methyl sites for hydroxylation is 2. The second-order valence-electron chi connectivity index (χ2n) is 7.83. The van der Waals surface area contributed by atoms with Gasteiger partial charge in [0.2, 0.25) is 0 Å². The van der Waals surface area contributed by atoms with E-state index in [0.29, 0.717) is 11.5 Å². The van der Waals surface area contributed by atoms with E-state index in [0.717, 1.165) is 35.3 Å². The van der Waals surface area contributed by atoms with Gasteiger partial charge in [-0.05, 0) is 42.0 Å². The number of hydrogen-bond donors (Lipinski definition) is 2. The zero-order chi connectivity index (χ0) is 21.1. The van der Waals surface area contributed by atoms with Crippen molar-refractivity contribution in [3.63, 3.8) is 0 Å². The van der Waals surface area contributed by atoms with Crippen LogP contribution in [0.4, 0.5) is 0 Å². The summed E-state index contributed by atoms with van der Waals surface area (Å²) in [5.74, 6) is -0.143. The molecule has 4 rings (SSSR count). The Morgan fingerprint density at radius 3 is 2.87 bits per heavy atom. The zero-order valence-corrected chi connectivity index (χ0v) is 18.3. The SMILES string of the molecule is Cc1ccc(CN2CCO[C@@H](c3c(C(=O)NCCO)sc4ccccc34)C2)cc1C. The van der Waals surface area contributed by atoms with Crippen molar-refractivity contribution < 1.29 is 14.6 Å². The van der Waals surface area contributed by atoms with Gasteiger partial charge in [-0.15, -0.1) is 11.3 Å². The van der Waals surface area contributed by atoms with Crippen molar-refractivity contribution >= 4 is 27.3 Å². The Morgan fingerprint density at radius 2 is 2.07 bits per heavy atom. The van der Waals surface area contributed by atoms with Gasteiger partial charge in [-0.1, -0.05) is 36.4 Å². The van der Waals surface area contributed by atoms with Gasteiger partial charge in [0.05, 0.1) is 24.2 Å². The Bertz CT molecular complexity index is 1050. The molecular weight excluding hydrogens is 396 g/mol. The molecule has 6 heteroatoms. The first-order chi connectivity index (χ1) is 14.6. The van der Waals surface area contributed by atoms with Crippen molar-refractivity contribution in [1.29, 1.82) is 0 Å². The van der Waals surface area contributed by atoms with Crippen LogP contribution in [-0.4, -0.2) is 48.8 Å². The number of aliphatic hydroxyl groups is 1. The van der Waals surface area contributed by atoms with E-state index in [1.807, 2.05) is 18.2 Å². The van der Waals surface area contributed by atoms with Gasteiger partial charge < -0.3 is 15.2 Å². The van der Waals surface area contributed by atoms with Crippen LogP contribution in [0.3, 0.4) is 0 Å². The number of fused-ring (bicyclic) bond motifs is 1. The number of hydrogen-bond acceptors (Lipinski definition) is 5. The zero-order valence-electron chi connectivity index (χ0n) is 17.5. The molecule has 0 spiro atoms. The number of aliphatic hydroxyl groups excluding tert-OH is 1. The lowest BCUT2D eigenvalue weighted by Crippen LogP contribution is -2.38. The van der Waals surface area contributed by atoms with E-state index in [4.69, 9.17) is 9.84 Å². The Balaban J connectivity index is 1.60. The normalized spacial score (nSPS) is 17.4. The molecule has 30 heavy (non-hydrogen) atoms. The fraction of sp³-hybridized carbons (Fsp3) is 0.375. The number of carbonyl (C=O) groups is 1. The summed E-state index contributed by atoms with van der Waals surface area (Å²) in [5, 5.41) is 13.0. The Kier molecular flexibility index (Phi) is 6.49. The van der Waals surface area contributed by atoms with Crippen molar-refractivity contribution in [2.24, 2.45) is 0 Å². The van der Waals surface area contributed by atoms with Gasteiger partial charge in [-0.3, -0.25) is 9.69 Å². The summed E-state index contributed by atoms with van der Waals surface area (Å²) in [7, 11) is 0. The number of carbonyl (C=O) groups excluding carboxylic acids is 1. The van der Waals surface area contributed by atoms with Crippen molar-refractivity contribution in [1.82, 2.24) is 10.2 Å². The van der Waals surface area contributed by atoms with Crippen LogP contribution in [0.5, 0.6) is 0 Å². The molecule has 2 aromatic carbocycles. The molecule has 2 heterocycles. The fourth-order valence-corrected chi connectivity index (χ4v) is 5.15. The lowest BCUT2D eigenvalue weighted by atomic mass is 10.0. The highest BCUT2D eigenvalue weighted by Crippen LogP contribution is 2.38. The minimum absolute atomic E-state index is 0.0738. The molecule has 158 valence electrons. The molecule has 0 saturated carbocycles. The monoisotopic (exact) mass is 424 g/mol. The predicted molar refractivity (Wildman–Crippen MR) is 121 cm³/mol. The molecular formula is C24H28N2O3S. The Morgan fingerprint density at radius 1 is 1.23 bits per heavy atom. The van der Waals surface area contributed by atoms with E-state index in [2.05, 4.69) is 48.3 Å². The second kappa shape index (κ2) is 9.27. The van der Waals surface area contributed by atoms with Crippen molar-refractivity contribution in [3.05, 3.63) is 69.6 Å². The molecule has 5 nitrogen and oxygen atoms in total. The van der Waals surface area contributed by atoms with E-state index < -0.39 is 0 Å². The largest absolute Gasteiger partial charge is 0.395 e. The number of nitrogens with zero attached hydrogens (tertiary/aromatic N) is 1. The Hall–Kier alpha value is -2.25. The molecule has 3 aromatic rings. The summed E-state index contributed by atoms with van der Waals surface area (Å²) in [6.45, 7) is 7.58. The van der Waals surface area contributed by atoms with Gasteiger partial charge in [0.25, 0.3) is 5.91 Å². The third kappa shape index (κ3) is 4.42. The first-order valence-corrected chi connectivity index (χ1v) is 11.2. The number of nitrogens with one attached hydrogen (secondary N) is 1. The number of benzene rings is 2. The molecule has 0 radical (unpaired) electrons. The van der Waals surface area contributed by atoms with Crippen LogP contribution in [0.15, 0.2) is 42.5 Å². The fourth-order valence-electron chi connectivity index (χ4n) is 3.98. The lowest BCUT2D eigenvalue weighted by molar-refractivity contribution is -0.0323. The van der Waals surface area contributed by atoms with Gasteiger partial charge in [0, 0.05) is 36.4 Å². The molecule has 0 aliphatic carbocycles. The standard InChI is InChI=1S/C24H28N2O3S/c1-16-7-8-18(13-17(16)2)14-26-10-12-29-20(15-26)22-19-5-3-4-6-21(19)30-23(22)24(28)25-9-11-27/h3-8,13,20,27H,9-12,14-15H2,1-2H3,(H,25,28)/t20-/m1/s1. The van der Waals surface area contributed by atoms with E-state index in [-0.39, 0.29) is 25.2 Å². The third-order valence-corrected chi connectivity index (χ3v) is 6.87. The molecule has 0 unspecified atom stereocenters. The molecule has 1 fully saturated rings. The van der Waals surface area contributed by atoms with Crippen LogP contribution in [-0.2, 0) is 11.3 Å². The summed E-state index contributed by atoms with van der Waals surface area (Å²) in [5.41, 5.74) is 4.89.